The van der Waals surface area contributed by atoms with Crippen LogP contribution in [0.25, 0.3) is 105 Å². The first kappa shape index (κ1) is 31.3. The largest absolute Gasteiger partial charge is 0.507 e. The number of aryl methyl sites for hydroxylation is 1. The molecule has 0 bridgehead atoms. The average Bonchev–Trinajstić information content (AvgIpc) is 3.79. The van der Waals surface area contributed by atoms with Crippen molar-refractivity contribution in [2.24, 2.45) is 0 Å². The number of para-hydroxylation sites is 2. The third kappa shape index (κ3) is 4.94. The molecule has 5 nitrogen and oxygen atoms in total. The lowest BCUT2D eigenvalue weighted by molar-refractivity contribution is 0.477. The van der Waals surface area contributed by atoms with Gasteiger partial charge in [0, 0.05) is 49.1 Å². The number of aromatic hydroxyl groups is 1. The molecule has 5 heteroatoms. The number of benzene rings is 7. The smallest absolute Gasteiger partial charge is 0.160 e. The van der Waals surface area contributed by atoms with Crippen LogP contribution in [0.4, 0.5) is 0 Å². The van der Waals surface area contributed by atoms with Gasteiger partial charge in [0.05, 0.1) is 33.5 Å². The molecule has 0 aliphatic rings. The zero-order valence-electron chi connectivity index (χ0n) is 30.0. The lowest BCUT2D eigenvalue weighted by Crippen LogP contribution is -1.97. The predicted octanol–water partition coefficient (Wildman–Crippen LogP) is 13.0. The number of phenolic OH excluding ortho intramolecular Hbond substituents is 1. The second kappa shape index (κ2) is 12.2. The van der Waals surface area contributed by atoms with Gasteiger partial charge in [0.2, 0.25) is 0 Å². The van der Waals surface area contributed by atoms with Crippen LogP contribution in [0.2, 0.25) is 0 Å². The highest BCUT2D eigenvalue weighted by Crippen LogP contribution is 2.42. The van der Waals surface area contributed by atoms with Crippen LogP contribution in [0.5, 0.6) is 5.75 Å². The first-order valence-electron chi connectivity index (χ1n) is 18.7. The van der Waals surface area contributed by atoms with Gasteiger partial charge in [-0.25, -0.2) is 9.97 Å². The summed E-state index contributed by atoms with van der Waals surface area (Å²) in [6.45, 7) is 2.20. The maximum Gasteiger partial charge on any atom is 0.160 e. The van der Waals surface area contributed by atoms with Crippen molar-refractivity contribution in [1.82, 2.24) is 14.5 Å². The predicted molar refractivity (Wildman–Crippen MR) is 226 cm³/mol. The molecule has 1 N–H and O–H groups in total. The summed E-state index contributed by atoms with van der Waals surface area (Å²) in [5.74, 6) is 0.199. The molecule has 0 saturated heterocycles. The zero-order valence-corrected chi connectivity index (χ0v) is 30.0. The van der Waals surface area contributed by atoms with E-state index in [1.807, 2.05) is 36.4 Å². The molecule has 0 spiro atoms. The summed E-state index contributed by atoms with van der Waals surface area (Å²) in [5.41, 5.74) is 13.3. The van der Waals surface area contributed by atoms with Gasteiger partial charge in [0.1, 0.15) is 11.3 Å². The maximum absolute atomic E-state index is 10.7. The third-order valence-corrected chi connectivity index (χ3v) is 11.0. The molecule has 260 valence electrons. The van der Waals surface area contributed by atoms with Crippen LogP contribution in [-0.4, -0.2) is 19.6 Å². The van der Waals surface area contributed by atoms with Gasteiger partial charge in [-0.2, -0.15) is 0 Å². The lowest BCUT2D eigenvalue weighted by Gasteiger charge is -2.14. The molecule has 55 heavy (non-hydrogen) atoms. The summed E-state index contributed by atoms with van der Waals surface area (Å²) < 4.78 is 9.10. The molecule has 0 aliphatic heterocycles. The minimum Gasteiger partial charge on any atom is -0.507 e. The standard InChI is InChI=1S/C50H33N3O2/c1-2-30-16-25-44-41(26-30)38-21-22-39-37-12-7-9-15-46(37)55-50(39)49(38)53(44)36-28-34(31-10-4-3-5-11-31)27-35(29-36)42-23-19-32-17-18-33-20-24-43(52-48(33)47(32)51-42)40-13-6-8-14-45(40)54/h3-29,54H,2H2,1H3. The molecule has 0 aliphatic carbocycles. The van der Waals surface area contributed by atoms with E-state index < -0.39 is 0 Å². The fourth-order valence-electron chi connectivity index (χ4n) is 8.27. The second-order valence-electron chi connectivity index (χ2n) is 14.2. The van der Waals surface area contributed by atoms with E-state index in [0.29, 0.717) is 11.3 Å². The first-order chi connectivity index (χ1) is 27.1. The third-order valence-electron chi connectivity index (χ3n) is 11.0. The first-order valence-corrected chi connectivity index (χ1v) is 18.7. The minimum atomic E-state index is 0.199. The number of phenols is 1. The van der Waals surface area contributed by atoms with Gasteiger partial charge >= 0.3 is 0 Å². The van der Waals surface area contributed by atoms with Crippen LogP contribution < -0.4 is 0 Å². The molecule has 4 aromatic heterocycles. The van der Waals surface area contributed by atoms with Gasteiger partial charge < -0.3 is 14.1 Å². The van der Waals surface area contributed by atoms with Crippen LogP contribution in [0, 0.1) is 0 Å². The van der Waals surface area contributed by atoms with E-state index in [1.54, 1.807) is 6.07 Å². The number of aromatic nitrogens is 3. The van der Waals surface area contributed by atoms with Crippen molar-refractivity contribution in [2.45, 2.75) is 13.3 Å². The molecular formula is C50H33N3O2. The number of hydrogen-bond acceptors (Lipinski definition) is 4. The highest BCUT2D eigenvalue weighted by molar-refractivity contribution is 6.21. The molecular weight excluding hydrogens is 675 g/mol. The number of nitrogens with zero attached hydrogens (tertiary/aromatic N) is 3. The van der Waals surface area contributed by atoms with E-state index in [1.165, 1.54) is 10.9 Å². The van der Waals surface area contributed by atoms with Crippen molar-refractivity contribution >= 4 is 65.6 Å². The summed E-state index contributed by atoms with van der Waals surface area (Å²) in [6, 6.07) is 56.6. The minimum absolute atomic E-state index is 0.199. The van der Waals surface area contributed by atoms with E-state index in [2.05, 4.69) is 133 Å². The molecule has 0 unspecified atom stereocenters. The van der Waals surface area contributed by atoms with Gasteiger partial charge in [-0.1, -0.05) is 104 Å². The molecule has 0 atom stereocenters. The van der Waals surface area contributed by atoms with Crippen molar-refractivity contribution in [3.05, 3.63) is 169 Å². The lowest BCUT2D eigenvalue weighted by atomic mass is 9.99. The van der Waals surface area contributed by atoms with E-state index in [0.717, 1.165) is 94.7 Å². The Balaban J connectivity index is 1.20. The normalized spacial score (nSPS) is 11.9. The Hall–Kier alpha value is -7.24. The summed E-state index contributed by atoms with van der Waals surface area (Å²) in [5, 5.41) is 17.2. The number of rotatable bonds is 5. The molecule has 4 heterocycles. The number of furan rings is 1. The Morgan fingerprint density at radius 1 is 0.545 bits per heavy atom. The van der Waals surface area contributed by atoms with Gasteiger partial charge in [0.25, 0.3) is 0 Å². The Morgan fingerprint density at radius 2 is 1.24 bits per heavy atom. The van der Waals surface area contributed by atoms with E-state index >= 15 is 0 Å². The Bertz CT molecular complexity index is 3320. The maximum atomic E-state index is 10.7. The molecule has 11 aromatic rings. The molecule has 11 rings (SSSR count). The summed E-state index contributed by atoms with van der Waals surface area (Å²) in [7, 11) is 0. The summed E-state index contributed by atoms with van der Waals surface area (Å²) in [6.07, 6.45) is 0.953. The van der Waals surface area contributed by atoms with Crippen molar-refractivity contribution in [2.75, 3.05) is 0 Å². The monoisotopic (exact) mass is 707 g/mol. The molecule has 0 amide bonds. The van der Waals surface area contributed by atoms with Gasteiger partial charge in [-0.05, 0) is 89.8 Å². The quantitative estimate of drug-likeness (QED) is 0.181. The van der Waals surface area contributed by atoms with E-state index in [-0.39, 0.29) is 5.75 Å². The summed E-state index contributed by atoms with van der Waals surface area (Å²) >= 11 is 0. The van der Waals surface area contributed by atoms with Gasteiger partial charge in [0.15, 0.2) is 5.58 Å². The SMILES string of the molecule is CCc1ccc2c(c1)c1ccc3c4ccccc4oc3c1n2-c1cc(-c2ccccc2)cc(-c2ccc3ccc4ccc(-c5ccccc5O)nc4c3n2)c1. The molecule has 0 radical (unpaired) electrons. The van der Waals surface area contributed by atoms with Gasteiger partial charge in [-0.3, -0.25) is 0 Å². The molecule has 0 fully saturated rings. The van der Waals surface area contributed by atoms with Crippen LogP contribution in [0.15, 0.2) is 168 Å². The van der Waals surface area contributed by atoms with E-state index in [9.17, 15) is 5.11 Å². The van der Waals surface area contributed by atoms with Crippen LogP contribution in [0.3, 0.4) is 0 Å². The second-order valence-corrected chi connectivity index (χ2v) is 14.2. The zero-order chi connectivity index (χ0) is 36.6. The van der Waals surface area contributed by atoms with Crippen LogP contribution in [-0.2, 0) is 6.42 Å². The highest BCUT2D eigenvalue weighted by atomic mass is 16.3. The number of hydrogen-bond donors (Lipinski definition) is 1. The fraction of sp³-hybridized carbons (Fsp3) is 0.0400. The molecule has 7 aromatic carbocycles. The number of fused-ring (bicyclic) bond motifs is 10. The highest BCUT2D eigenvalue weighted by Gasteiger charge is 2.21. The van der Waals surface area contributed by atoms with Crippen molar-refractivity contribution in [3.63, 3.8) is 0 Å². The Kier molecular flexibility index (Phi) is 6.92. The average molecular weight is 708 g/mol. The fourth-order valence-corrected chi connectivity index (χ4v) is 8.27. The van der Waals surface area contributed by atoms with Crippen molar-refractivity contribution in [1.29, 1.82) is 0 Å². The topological polar surface area (TPSA) is 64.1 Å². The molecule has 0 saturated carbocycles. The van der Waals surface area contributed by atoms with E-state index in [4.69, 9.17) is 14.4 Å². The Labute approximate surface area is 316 Å². The number of pyridine rings is 2. The van der Waals surface area contributed by atoms with Gasteiger partial charge in [-0.15, -0.1) is 0 Å². The summed E-state index contributed by atoms with van der Waals surface area (Å²) in [4.78, 5) is 10.4. The Morgan fingerprint density at radius 3 is 2.05 bits per heavy atom. The van der Waals surface area contributed by atoms with Crippen molar-refractivity contribution in [3.8, 4) is 45.1 Å². The van der Waals surface area contributed by atoms with Crippen LogP contribution in [0.1, 0.15) is 12.5 Å². The van der Waals surface area contributed by atoms with Crippen LogP contribution >= 0.6 is 0 Å². The van der Waals surface area contributed by atoms with Crippen molar-refractivity contribution < 1.29 is 9.52 Å².